The first-order valence-corrected chi connectivity index (χ1v) is 8.43. The minimum Gasteiger partial charge on any atom is -0.299 e. The van der Waals surface area contributed by atoms with Gasteiger partial charge in [0, 0.05) is 13.0 Å². The Hall–Kier alpha value is -0.800. The summed E-state index contributed by atoms with van der Waals surface area (Å²) < 4.78 is 0. The van der Waals surface area contributed by atoms with E-state index in [1.807, 2.05) is 6.07 Å². The number of hydrogen-bond donors (Lipinski definition) is 0. The Labute approximate surface area is 126 Å². The van der Waals surface area contributed by atoms with Crippen LogP contribution in [0.1, 0.15) is 44.4 Å². The second-order valence-electron chi connectivity index (χ2n) is 5.92. The highest BCUT2D eigenvalue weighted by atomic mass is 32.2. The van der Waals surface area contributed by atoms with Gasteiger partial charge in [-0.3, -0.25) is 9.69 Å². The predicted molar refractivity (Wildman–Crippen MR) is 86.9 cm³/mol. The van der Waals surface area contributed by atoms with E-state index < -0.39 is 0 Å². The zero-order valence-corrected chi connectivity index (χ0v) is 13.5. The van der Waals surface area contributed by atoms with Crippen LogP contribution in [0.25, 0.3) is 0 Å². The van der Waals surface area contributed by atoms with Crippen LogP contribution in [0.3, 0.4) is 0 Å². The minimum atomic E-state index is 0.212. The third-order valence-electron chi connectivity index (χ3n) is 3.98. The van der Waals surface area contributed by atoms with Gasteiger partial charge in [-0.05, 0) is 37.4 Å². The summed E-state index contributed by atoms with van der Waals surface area (Å²) in [5.41, 5.74) is 1.28. The molecule has 0 amide bonds. The van der Waals surface area contributed by atoms with E-state index in [1.54, 1.807) is 6.92 Å². The van der Waals surface area contributed by atoms with Crippen molar-refractivity contribution in [3.8, 4) is 0 Å². The van der Waals surface area contributed by atoms with Crippen LogP contribution in [0.4, 0.5) is 0 Å². The van der Waals surface area contributed by atoms with Crippen LogP contribution in [0, 0.1) is 5.92 Å². The fourth-order valence-electron chi connectivity index (χ4n) is 3.16. The van der Waals surface area contributed by atoms with Crippen molar-refractivity contribution >= 4 is 16.9 Å². The molecule has 0 aromatic heterocycles. The monoisotopic (exact) mass is 291 g/mol. The summed E-state index contributed by atoms with van der Waals surface area (Å²) in [4.78, 5) is 14.3. The van der Waals surface area contributed by atoms with E-state index in [0.29, 0.717) is 12.0 Å². The molecule has 1 heterocycles. The molecule has 1 aromatic carbocycles. The van der Waals surface area contributed by atoms with Crippen LogP contribution in [-0.2, 0) is 4.79 Å². The molecule has 2 nitrogen and oxygen atoms in total. The summed E-state index contributed by atoms with van der Waals surface area (Å²) in [6.45, 7) is 8.58. The molecule has 1 aliphatic rings. The summed E-state index contributed by atoms with van der Waals surface area (Å²) >= 11 is 1.50. The largest absolute Gasteiger partial charge is 0.299 e. The van der Waals surface area contributed by atoms with Crippen molar-refractivity contribution in [1.29, 1.82) is 0 Å². The Kier molecular flexibility index (Phi) is 5.67. The van der Waals surface area contributed by atoms with Crippen LogP contribution >= 0.6 is 11.8 Å². The molecule has 2 atom stereocenters. The number of rotatable bonds is 5. The van der Waals surface area contributed by atoms with Gasteiger partial charge < -0.3 is 0 Å². The first kappa shape index (κ1) is 15.6. The molecule has 1 saturated heterocycles. The van der Waals surface area contributed by atoms with Gasteiger partial charge in [-0.1, -0.05) is 55.9 Å². The second-order valence-corrected chi connectivity index (χ2v) is 7.24. The van der Waals surface area contributed by atoms with E-state index in [0.717, 1.165) is 0 Å². The SMILES string of the molecule is CC(=O)S[C@H](c1ccccc1)[C@H](C(C)C)N1CCCC1. The average molecular weight is 291 g/mol. The molecular formula is C17H25NOS. The van der Waals surface area contributed by atoms with E-state index in [-0.39, 0.29) is 10.4 Å². The normalized spacial score (nSPS) is 19.2. The maximum Gasteiger partial charge on any atom is 0.186 e. The smallest absolute Gasteiger partial charge is 0.186 e. The van der Waals surface area contributed by atoms with Crippen molar-refractivity contribution in [2.75, 3.05) is 13.1 Å². The lowest BCUT2D eigenvalue weighted by Crippen LogP contribution is -2.40. The van der Waals surface area contributed by atoms with E-state index in [1.165, 1.54) is 43.3 Å². The fourth-order valence-corrected chi connectivity index (χ4v) is 4.44. The van der Waals surface area contributed by atoms with Gasteiger partial charge in [-0.15, -0.1) is 0 Å². The lowest BCUT2D eigenvalue weighted by Gasteiger charge is -2.37. The molecule has 3 heteroatoms. The molecular weight excluding hydrogens is 266 g/mol. The zero-order valence-electron chi connectivity index (χ0n) is 12.7. The molecule has 0 bridgehead atoms. The van der Waals surface area contributed by atoms with Crippen molar-refractivity contribution in [1.82, 2.24) is 4.90 Å². The Morgan fingerprint density at radius 3 is 2.25 bits per heavy atom. The van der Waals surface area contributed by atoms with Crippen LogP contribution in [0.5, 0.6) is 0 Å². The Morgan fingerprint density at radius 1 is 1.15 bits per heavy atom. The second kappa shape index (κ2) is 7.28. The van der Waals surface area contributed by atoms with Gasteiger partial charge in [0.05, 0.1) is 5.25 Å². The summed E-state index contributed by atoms with van der Waals surface area (Å²) in [5, 5.41) is 0.454. The van der Waals surface area contributed by atoms with E-state index in [4.69, 9.17) is 0 Å². The van der Waals surface area contributed by atoms with E-state index in [9.17, 15) is 4.79 Å². The molecule has 110 valence electrons. The highest BCUT2D eigenvalue weighted by Crippen LogP contribution is 2.39. The molecule has 0 saturated carbocycles. The maximum atomic E-state index is 11.7. The number of nitrogens with zero attached hydrogens (tertiary/aromatic N) is 1. The molecule has 0 unspecified atom stereocenters. The van der Waals surface area contributed by atoms with Crippen molar-refractivity contribution in [2.24, 2.45) is 5.92 Å². The van der Waals surface area contributed by atoms with Crippen LogP contribution < -0.4 is 0 Å². The number of carbonyl (C=O) groups excluding carboxylic acids is 1. The standard InChI is InChI=1S/C17H25NOS/c1-13(2)16(18-11-7-8-12-18)17(20-14(3)19)15-9-5-4-6-10-15/h4-6,9-10,13,16-17H,7-8,11-12H2,1-3H3/t16-,17+/m0/s1. The lowest BCUT2D eigenvalue weighted by atomic mass is 9.94. The van der Waals surface area contributed by atoms with Gasteiger partial charge in [0.1, 0.15) is 0 Å². The number of benzene rings is 1. The third kappa shape index (κ3) is 3.86. The Balaban J connectivity index is 2.29. The quantitative estimate of drug-likeness (QED) is 0.813. The number of carbonyl (C=O) groups is 1. The van der Waals surface area contributed by atoms with Gasteiger partial charge in [0.25, 0.3) is 0 Å². The number of thioether (sulfide) groups is 1. The molecule has 0 spiro atoms. The van der Waals surface area contributed by atoms with Crippen molar-refractivity contribution in [3.63, 3.8) is 0 Å². The van der Waals surface area contributed by atoms with E-state index >= 15 is 0 Å². The molecule has 2 rings (SSSR count). The molecule has 0 radical (unpaired) electrons. The van der Waals surface area contributed by atoms with Crippen molar-refractivity contribution < 1.29 is 4.79 Å². The minimum absolute atomic E-state index is 0.212. The Bertz CT molecular complexity index is 426. The van der Waals surface area contributed by atoms with Gasteiger partial charge in [0.2, 0.25) is 0 Å². The molecule has 1 aromatic rings. The van der Waals surface area contributed by atoms with Gasteiger partial charge >= 0.3 is 0 Å². The first-order chi connectivity index (χ1) is 9.59. The van der Waals surface area contributed by atoms with Crippen LogP contribution in [0.2, 0.25) is 0 Å². The van der Waals surface area contributed by atoms with E-state index in [2.05, 4.69) is 43.0 Å². The van der Waals surface area contributed by atoms with Gasteiger partial charge in [0.15, 0.2) is 5.12 Å². The number of hydrogen-bond acceptors (Lipinski definition) is 3. The summed E-state index contributed by atoms with van der Waals surface area (Å²) in [5.74, 6) is 0.546. The summed E-state index contributed by atoms with van der Waals surface area (Å²) in [6, 6.07) is 10.9. The number of likely N-dealkylation sites (tertiary alicyclic amines) is 1. The maximum absolute atomic E-state index is 11.7. The zero-order chi connectivity index (χ0) is 14.5. The van der Waals surface area contributed by atoms with Crippen LogP contribution in [-0.4, -0.2) is 29.1 Å². The van der Waals surface area contributed by atoms with Crippen molar-refractivity contribution in [3.05, 3.63) is 35.9 Å². The van der Waals surface area contributed by atoms with Gasteiger partial charge in [-0.2, -0.15) is 0 Å². The highest BCUT2D eigenvalue weighted by molar-refractivity contribution is 8.13. The molecule has 1 aliphatic heterocycles. The topological polar surface area (TPSA) is 20.3 Å². The van der Waals surface area contributed by atoms with Crippen LogP contribution in [0.15, 0.2) is 30.3 Å². The third-order valence-corrected chi connectivity index (χ3v) is 5.11. The first-order valence-electron chi connectivity index (χ1n) is 7.56. The average Bonchev–Trinajstić information content (AvgIpc) is 2.92. The molecule has 1 fully saturated rings. The van der Waals surface area contributed by atoms with Gasteiger partial charge in [-0.25, -0.2) is 0 Å². The molecule has 0 aliphatic carbocycles. The fraction of sp³-hybridized carbons (Fsp3) is 0.588. The lowest BCUT2D eigenvalue weighted by molar-refractivity contribution is -0.109. The Morgan fingerprint density at radius 2 is 1.75 bits per heavy atom. The predicted octanol–water partition coefficient (Wildman–Crippen LogP) is 4.13. The highest BCUT2D eigenvalue weighted by Gasteiger charge is 2.33. The van der Waals surface area contributed by atoms with Crippen molar-refractivity contribution in [2.45, 2.75) is 44.9 Å². The molecule has 0 N–H and O–H groups in total. The summed E-state index contributed by atoms with van der Waals surface area (Å²) in [6.07, 6.45) is 2.57. The summed E-state index contributed by atoms with van der Waals surface area (Å²) in [7, 11) is 0. The molecule has 20 heavy (non-hydrogen) atoms.